The number of phenols is 1. The van der Waals surface area contributed by atoms with Gasteiger partial charge in [0.15, 0.2) is 11.5 Å². The number of rotatable bonds is 4. The fourth-order valence-corrected chi connectivity index (χ4v) is 6.14. The highest BCUT2D eigenvalue weighted by molar-refractivity contribution is 6.30. The molecular formula is C30H26ClN3O2. The number of methoxy groups -OCH3 is 1. The number of nitrogens with one attached hydrogen (secondary N) is 2. The van der Waals surface area contributed by atoms with Gasteiger partial charge in [-0.05, 0) is 88.2 Å². The molecule has 0 saturated heterocycles. The van der Waals surface area contributed by atoms with Crippen molar-refractivity contribution in [2.75, 3.05) is 12.4 Å². The highest BCUT2D eigenvalue weighted by atomic mass is 35.5. The zero-order valence-electron chi connectivity index (χ0n) is 19.8. The molecule has 0 aromatic heterocycles. The lowest BCUT2D eigenvalue weighted by molar-refractivity contribution is 0.370. The summed E-state index contributed by atoms with van der Waals surface area (Å²) in [6.45, 7) is 0. The number of hydrogen-bond donors (Lipinski definition) is 4. The molecule has 0 amide bonds. The van der Waals surface area contributed by atoms with E-state index in [1.54, 1.807) is 13.2 Å². The predicted octanol–water partition coefficient (Wildman–Crippen LogP) is 6.48. The minimum atomic E-state index is -0.0541. The van der Waals surface area contributed by atoms with Crippen molar-refractivity contribution in [2.45, 2.75) is 18.4 Å². The third kappa shape index (κ3) is 3.59. The SMILES string of the molecule is COc1cc(C2Nc3ccc(C(=N)N)cc3C3c4ccccc4CC23)c(-c2cccc(Cl)c2)cc1O. The largest absolute Gasteiger partial charge is 0.504 e. The average Bonchev–Trinajstić information content (AvgIpc) is 3.28. The Labute approximate surface area is 215 Å². The normalized spacial score (nSPS) is 19.6. The molecule has 0 spiro atoms. The van der Waals surface area contributed by atoms with Gasteiger partial charge in [0.2, 0.25) is 0 Å². The molecule has 3 unspecified atom stereocenters. The Bertz CT molecular complexity index is 1520. The summed E-state index contributed by atoms with van der Waals surface area (Å²) in [5.41, 5.74) is 14.3. The number of phenolic OH excluding ortho intramolecular Hbond substituents is 1. The Morgan fingerprint density at radius 2 is 1.83 bits per heavy atom. The molecule has 0 saturated carbocycles. The molecule has 5 N–H and O–H groups in total. The number of fused-ring (bicyclic) bond motifs is 5. The number of benzene rings is 4. The van der Waals surface area contributed by atoms with Crippen LogP contribution in [-0.4, -0.2) is 18.1 Å². The number of nitrogen functional groups attached to an aromatic ring is 1. The van der Waals surface area contributed by atoms with Gasteiger partial charge in [0.1, 0.15) is 5.84 Å². The fraction of sp³-hybridized carbons (Fsp3) is 0.167. The van der Waals surface area contributed by atoms with Crippen LogP contribution in [0.5, 0.6) is 11.5 Å². The molecule has 3 atom stereocenters. The van der Waals surface area contributed by atoms with Crippen LogP contribution >= 0.6 is 11.6 Å². The molecule has 0 radical (unpaired) electrons. The van der Waals surface area contributed by atoms with E-state index in [9.17, 15) is 5.11 Å². The number of amidine groups is 1. The van der Waals surface area contributed by atoms with E-state index in [4.69, 9.17) is 27.5 Å². The fourth-order valence-electron chi connectivity index (χ4n) is 5.95. The van der Waals surface area contributed by atoms with Gasteiger partial charge >= 0.3 is 0 Å². The summed E-state index contributed by atoms with van der Waals surface area (Å²) in [7, 11) is 1.57. The number of halogens is 1. The molecule has 4 aromatic rings. The van der Waals surface area contributed by atoms with Crippen LogP contribution in [0.4, 0.5) is 5.69 Å². The molecular weight excluding hydrogens is 470 g/mol. The van der Waals surface area contributed by atoms with Crippen LogP contribution in [0.1, 0.15) is 39.8 Å². The Balaban J connectivity index is 1.57. The summed E-state index contributed by atoms with van der Waals surface area (Å²) in [6, 6.07) is 25.9. The van der Waals surface area contributed by atoms with Gasteiger partial charge < -0.3 is 20.9 Å². The lowest BCUT2D eigenvalue weighted by Crippen LogP contribution is -2.31. The van der Waals surface area contributed by atoms with Crippen molar-refractivity contribution in [3.8, 4) is 22.6 Å². The van der Waals surface area contributed by atoms with Crippen molar-refractivity contribution in [3.63, 3.8) is 0 Å². The second kappa shape index (κ2) is 8.61. The summed E-state index contributed by atoms with van der Waals surface area (Å²) in [4.78, 5) is 0. The first-order valence-corrected chi connectivity index (χ1v) is 12.3. The standard InChI is InChI=1S/C30H26ClN3O2/c1-36-27-15-22(21(14-26(27)35)16-6-4-7-19(31)11-16)29-24-12-17-5-2-3-8-20(17)28(24)23-13-18(30(32)33)9-10-25(23)34-29/h2-11,13-15,24,28-29,34-35H,12H2,1H3,(H3,32,33). The molecule has 4 aromatic carbocycles. The molecule has 180 valence electrons. The zero-order chi connectivity index (χ0) is 25.0. The molecule has 6 rings (SSSR count). The summed E-state index contributed by atoms with van der Waals surface area (Å²) >= 11 is 6.36. The number of hydrogen-bond acceptors (Lipinski definition) is 4. The third-order valence-corrected chi connectivity index (χ3v) is 7.77. The van der Waals surface area contributed by atoms with Gasteiger partial charge in [0.25, 0.3) is 0 Å². The van der Waals surface area contributed by atoms with Crippen LogP contribution in [0.2, 0.25) is 5.02 Å². The Morgan fingerprint density at radius 1 is 1.00 bits per heavy atom. The monoisotopic (exact) mass is 495 g/mol. The van der Waals surface area contributed by atoms with Crippen LogP contribution < -0.4 is 15.8 Å². The van der Waals surface area contributed by atoms with Crippen LogP contribution in [0.3, 0.4) is 0 Å². The lowest BCUT2D eigenvalue weighted by atomic mass is 9.74. The molecule has 1 heterocycles. The van der Waals surface area contributed by atoms with Gasteiger partial charge in [-0.1, -0.05) is 48.0 Å². The van der Waals surface area contributed by atoms with E-state index < -0.39 is 0 Å². The maximum absolute atomic E-state index is 10.7. The Morgan fingerprint density at radius 3 is 2.61 bits per heavy atom. The second-order valence-electron chi connectivity index (χ2n) is 9.50. The van der Waals surface area contributed by atoms with Gasteiger partial charge in [-0.15, -0.1) is 0 Å². The van der Waals surface area contributed by atoms with E-state index in [2.05, 4.69) is 35.6 Å². The van der Waals surface area contributed by atoms with Gasteiger partial charge in [-0.3, -0.25) is 5.41 Å². The lowest BCUT2D eigenvalue weighted by Gasteiger charge is -2.39. The average molecular weight is 496 g/mol. The van der Waals surface area contributed by atoms with E-state index >= 15 is 0 Å². The topological polar surface area (TPSA) is 91.4 Å². The minimum absolute atomic E-state index is 0.0541. The highest BCUT2D eigenvalue weighted by Crippen LogP contribution is 2.55. The molecule has 2 aliphatic rings. The van der Waals surface area contributed by atoms with Crippen molar-refractivity contribution in [2.24, 2.45) is 11.7 Å². The van der Waals surface area contributed by atoms with E-state index in [0.29, 0.717) is 10.8 Å². The van der Waals surface area contributed by atoms with Crippen molar-refractivity contribution in [1.82, 2.24) is 0 Å². The number of nitrogens with two attached hydrogens (primary N) is 1. The molecule has 1 aliphatic carbocycles. The van der Waals surface area contributed by atoms with Crippen LogP contribution in [0.15, 0.2) is 78.9 Å². The Kier molecular flexibility index (Phi) is 5.38. The minimum Gasteiger partial charge on any atom is -0.504 e. The molecule has 5 nitrogen and oxygen atoms in total. The smallest absolute Gasteiger partial charge is 0.160 e. The quantitative estimate of drug-likeness (QED) is 0.193. The first-order chi connectivity index (χ1) is 17.4. The van der Waals surface area contributed by atoms with Crippen LogP contribution in [-0.2, 0) is 6.42 Å². The number of ether oxygens (including phenoxy) is 1. The third-order valence-electron chi connectivity index (χ3n) is 7.53. The maximum Gasteiger partial charge on any atom is 0.160 e. The molecule has 6 heteroatoms. The van der Waals surface area contributed by atoms with Gasteiger partial charge in [0, 0.05) is 22.2 Å². The van der Waals surface area contributed by atoms with Crippen LogP contribution in [0.25, 0.3) is 11.1 Å². The first kappa shape index (κ1) is 22.5. The number of anilines is 1. The van der Waals surface area contributed by atoms with E-state index in [1.807, 2.05) is 42.5 Å². The van der Waals surface area contributed by atoms with Gasteiger partial charge in [-0.25, -0.2) is 0 Å². The van der Waals surface area contributed by atoms with Gasteiger partial charge in [0.05, 0.1) is 13.2 Å². The van der Waals surface area contributed by atoms with Crippen molar-refractivity contribution >= 4 is 23.1 Å². The highest BCUT2D eigenvalue weighted by Gasteiger charge is 2.44. The van der Waals surface area contributed by atoms with E-state index in [-0.39, 0.29) is 29.5 Å². The summed E-state index contributed by atoms with van der Waals surface area (Å²) < 4.78 is 5.53. The maximum atomic E-state index is 10.7. The van der Waals surface area contributed by atoms with Crippen molar-refractivity contribution < 1.29 is 9.84 Å². The summed E-state index contributed by atoms with van der Waals surface area (Å²) in [5, 5.41) is 23.1. The van der Waals surface area contributed by atoms with Crippen LogP contribution in [0, 0.1) is 11.3 Å². The predicted molar refractivity (Wildman–Crippen MR) is 144 cm³/mol. The Hall–Kier alpha value is -3.96. The summed E-state index contributed by atoms with van der Waals surface area (Å²) in [6.07, 6.45) is 0.903. The first-order valence-electron chi connectivity index (χ1n) is 11.9. The molecule has 36 heavy (non-hydrogen) atoms. The van der Waals surface area contributed by atoms with E-state index in [1.165, 1.54) is 11.1 Å². The second-order valence-corrected chi connectivity index (χ2v) is 9.94. The number of aromatic hydroxyl groups is 1. The van der Waals surface area contributed by atoms with E-state index in [0.717, 1.165) is 39.9 Å². The summed E-state index contributed by atoms with van der Waals surface area (Å²) in [5.74, 6) is 0.944. The van der Waals surface area contributed by atoms with Crippen molar-refractivity contribution in [3.05, 3.63) is 112 Å². The van der Waals surface area contributed by atoms with Crippen molar-refractivity contribution in [1.29, 1.82) is 5.41 Å². The van der Waals surface area contributed by atoms with Gasteiger partial charge in [-0.2, -0.15) is 0 Å². The molecule has 0 bridgehead atoms. The zero-order valence-corrected chi connectivity index (χ0v) is 20.5. The molecule has 0 fully saturated rings. The molecule has 1 aliphatic heterocycles.